The van der Waals surface area contributed by atoms with Crippen LogP contribution in [-0.4, -0.2) is 5.78 Å². The van der Waals surface area contributed by atoms with Crippen molar-refractivity contribution in [3.8, 4) is 6.07 Å². The molecule has 1 aliphatic heterocycles. The van der Waals surface area contributed by atoms with E-state index in [9.17, 15) is 18.8 Å². The second-order valence-corrected chi connectivity index (χ2v) is 10.7. The Kier molecular flexibility index (Phi) is 7.09. The van der Waals surface area contributed by atoms with Crippen molar-refractivity contribution in [2.24, 2.45) is 5.73 Å². The Bertz CT molecular complexity index is 1520. The van der Waals surface area contributed by atoms with Crippen LogP contribution in [0.4, 0.5) is 14.5 Å². The van der Waals surface area contributed by atoms with Crippen LogP contribution in [0.25, 0.3) is 0 Å². The molecule has 0 bridgehead atoms. The van der Waals surface area contributed by atoms with Gasteiger partial charge in [-0.1, -0.05) is 17.7 Å². The highest BCUT2D eigenvalue weighted by molar-refractivity contribution is 7.98. The largest absolute Gasteiger partial charge is 0.384 e. The Morgan fingerprint density at radius 3 is 2.34 bits per heavy atom. The molecule has 1 atom stereocenters. The van der Waals surface area contributed by atoms with Crippen LogP contribution in [0.2, 0.25) is 0 Å². The molecule has 5 rings (SSSR count). The summed E-state index contributed by atoms with van der Waals surface area (Å²) in [4.78, 5) is 16.2. The van der Waals surface area contributed by atoms with Gasteiger partial charge in [0.1, 0.15) is 17.5 Å². The number of ketones is 1. The van der Waals surface area contributed by atoms with Gasteiger partial charge in [0.25, 0.3) is 0 Å². The summed E-state index contributed by atoms with van der Waals surface area (Å²) in [6.45, 7) is 4.01. The average Bonchev–Trinajstić information content (AvgIpc) is 2.90. The predicted octanol–water partition coefficient (Wildman–Crippen LogP) is 7.18. The van der Waals surface area contributed by atoms with Gasteiger partial charge in [-0.2, -0.15) is 5.26 Å². The van der Waals surface area contributed by atoms with Crippen molar-refractivity contribution < 1.29 is 13.6 Å². The normalized spacial score (nSPS) is 17.5. The minimum atomic E-state index is -0.575. The minimum absolute atomic E-state index is 0.00625. The van der Waals surface area contributed by atoms with Crippen molar-refractivity contribution in [3.63, 3.8) is 0 Å². The van der Waals surface area contributed by atoms with Crippen LogP contribution in [0.1, 0.15) is 47.4 Å². The Hall–Kier alpha value is -3.89. The lowest BCUT2D eigenvalue weighted by Crippen LogP contribution is -2.39. The second kappa shape index (κ2) is 10.5. The molecule has 0 spiro atoms. The summed E-state index contributed by atoms with van der Waals surface area (Å²) in [5.74, 6) is -0.296. The van der Waals surface area contributed by atoms with Crippen LogP contribution in [0.5, 0.6) is 0 Å². The third-order valence-corrected chi connectivity index (χ3v) is 8.28. The molecule has 1 heterocycles. The fourth-order valence-electron chi connectivity index (χ4n) is 5.39. The van der Waals surface area contributed by atoms with Crippen LogP contribution in [0.15, 0.2) is 88.2 Å². The maximum atomic E-state index is 13.7. The van der Waals surface area contributed by atoms with Crippen LogP contribution < -0.4 is 10.6 Å². The van der Waals surface area contributed by atoms with Gasteiger partial charge < -0.3 is 5.73 Å². The van der Waals surface area contributed by atoms with Gasteiger partial charge >= 0.3 is 0 Å². The zero-order chi connectivity index (χ0) is 27.0. The monoisotopic (exact) mass is 527 g/mol. The zero-order valence-electron chi connectivity index (χ0n) is 21.2. The number of nitriles is 1. The van der Waals surface area contributed by atoms with E-state index in [1.54, 1.807) is 40.9 Å². The number of hydrogen-bond acceptors (Lipinski definition) is 5. The molecule has 1 unspecified atom stereocenters. The molecule has 3 aromatic rings. The van der Waals surface area contributed by atoms with E-state index in [1.165, 1.54) is 24.3 Å². The molecule has 0 fully saturated rings. The smallest absolute Gasteiger partial charge is 0.161 e. The SMILES string of the molecule is Cc1cc(CSc2ccc(F)cc2)c(C)c(C2C(C#N)=C(N)N(c3ccc(F)cc3)C3=C2C(=O)CCC3)c1. The summed E-state index contributed by atoms with van der Waals surface area (Å²) >= 11 is 1.60. The fraction of sp³-hybridized carbons (Fsp3) is 0.226. The number of thioether (sulfide) groups is 1. The number of rotatable bonds is 5. The number of allylic oxidation sites excluding steroid dienone is 3. The van der Waals surface area contributed by atoms with E-state index in [2.05, 4.69) is 12.1 Å². The summed E-state index contributed by atoms with van der Waals surface area (Å²) < 4.78 is 27.0. The number of aryl methyl sites for hydroxylation is 1. The third-order valence-electron chi connectivity index (χ3n) is 7.22. The summed E-state index contributed by atoms with van der Waals surface area (Å²) in [6.07, 6.45) is 1.72. The molecule has 0 radical (unpaired) electrons. The Morgan fingerprint density at radius 1 is 1.03 bits per heavy atom. The van der Waals surface area contributed by atoms with Crippen molar-refractivity contribution in [1.82, 2.24) is 0 Å². The van der Waals surface area contributed by atoms with E-state index in [1.807, 2.05) is 19.9 Å². The third kappa shape index (κ3) is 4.72. The molecule has 2 aliphatic rings. The number of carbonyl (C=O) groups is 1. The molecule has 4 nitrogen and oxygen atoms in total. The Balaban J connectivity index is 1.62. The second-order valence-electron chi connectivity index (χ2n) is 9.67. The first-order valence-corrected chi connectivity index (χ1v) is 13.5. The van der Waals surface area contributed by atoms with Crippen molar-refractivity contribution >= 4 is 23.2 Å². The number of Topliss-reactive ketones (excluding diaryl/α,β-unsaturated/α-hetero) is 1. The molecule has 192 valence electrons. The van der Waals surface area contributed by atoms with Crippen molar-refractivity contribution in [3.05, 3.63) is 117 Å². The minimum Gasteiger partial charge on any atom is -0.384 e. The predicted molar refractivity (Wildman–Crippen MR) is 146 cm³/mol. The van der Waals surface area contributed by atoms with Crippen LogP contribution >= 0.6 is 11.8 Å². The standard InChI is InChI=1S/C31H27F2N3OS/c1-18-14-20(17-38-24-12-8-22(33)9-13-24)19(2)25(15-18)29-26(16-34)31(35)36(23-10-6-21(32)7-11-23)27-4-3-5-28(37)30(27)29/h6-15,29H,3-5,17,35H2,1-2H3. The lowest BCUT2D eigenvalue weighted by atomic mass is 9.73. The number of nitrogens with two attached hydrogens (primary N) is 1. The number of halogens is 2. The number of hydrogen-bond donors (Lipinski definition) is 1. The number of carbonyl (C=O) groups excluding carboxylic acids is 1. The molecule has 0 saturated carbocycles. The van der Waals surface area contributed by atoms with Gasteiger partial charge in [-0.25, -0.2) is 8.78 Å². The van der Waals surface area contributed by atoms with E-state index >= 15 is 0 Å². The highest BCUT2D eigenvalue weighted by atomic mass is 32.2. The molecular formula is C31H27F2N3OS. The molecule has 0 saturated heterocycles. The average molecular weight is 528 g/mol. The van der Waals surface area contributed by atoms with Crippen molar-refractivity contribution in [1.29, 1.82) is 5.26 Å². The maximum absolute atomic E-state index is 13.7. The molecule has 2 N–H and O–H groups in total. The summed E-state index contributed by atoms with van der Waals surface area (Å²) in [7, 11) is 0. The first-order valence-electron chi connectivity index (χ1n) is 12.5. The summed E-state index contributed by atoms with van der Waals surface area (Å²) in [5.41, 5.74) is 13.0. The van der Waals surface area contributed by atoms with Crippen LogP contribution in [0.3, 0.4) is 0 Å². The molecule has 0 aromatic heterocycles. The molecular weight excluding hydrogens is 500 g/mol. The van der Waals surface area contributed by atoms with Gasteiger partial charge in [-0.15, -0.1) is 11.8 Å². The molecule has 0 amide bonds. The van der Waals surface area contributed by atoms with Crippen LogP contribution in [-0.2, 0) is 10.5 Å². The van der Waals surface area contributed by atoms with Gasteiger partial charge in [0.15, 0.2) is 5.78 Å². The number of nitrogens with zero attached hydrogens (tertiary/aromatic N) is 2. The molecule has 1 aliphatic carbocycles. The van der Waals surface area contributed by atoms with Crippen molar-refractivity contribution in [2.75, 3.05) is 4.90 Å². The van der Waals surface area contributed by atoms with Gasteiger partial charge in [0.05, 0.1) is 17.6 Å². The quantitative estimate of drug-likeness (QED) is 0.356. The molecule has 7 heteroatoms. The fourth-order valence-corrected chi connectivity index (χ4v) is 6.34. The van der Waals surface area contributed by atoms with Crippen LogP contribution in [0, 0.1) is 36.8 Å². The lowest BCUT2D eigenvalue weighted by molar-refractivity contribution is -0.116. The maximum Gasteiger partial charge on any atom is 0.161 e. The Morgan fingerprint density at radius 2 is 1.68 bits per heavy atom. The highest BCUT2D eigenvalue weighted by Gasteiger charge is 2.41. The lowest BCUT2D eigenvalue weighted by Gasteiger charge is -2.40. The topological polar surface area (TPSA) is 70.1 Å². The van der Waals surface area contributed by atoms with Gasteiger partial charge in [0.2, 0.25) is 0 Å². The first kappa shape index (κ1) is 25.7. The number of benzene rings is 3. The van der Waals surface area contributed by atoms with E-state index in [-0.39, 0.29) is 23.2 Å². The highest BCUT2D eigenvalue weighted by Crippen LogP contribution is 2.47. The number of anilines is 1. The van der Waals surface area contributed by atoms with Gasteiger partial charge in [-0.05, 0) is 91.9 Å². The Labute approximate surface area is 225 Å². The van der Waals surface area contributed by atoms with E-state index in [0.717, 1.165) is 32.8 Å². The van der Waals surface area contributed by atoms with E-state index in [0.29, 0.717) is 41.8 Å². The zero-order valence-corrected chi connectivity index (χ0v) is 22.0. The molecule has 3 aromatic carbocycles. The summed E-state index contributed by atoms with van der Waals surface area (Å²) in [6, 6.07) is 18.8. The van der Waals surface area contributed by atoms with Gasteiger partial charge in [-0.3, -0.25) is 9.69 Å². The van der Waals surface area contributed by atoms with Crippen molar-refractivity contribution in [2.45, 2.75) is 49.7 Å². The van der Waals surface area contributed by atoms with E-state index in [4.69, 9.17) is 5.73 Å². The molecule has 38 heavy (non-hydrogen) atoms. The van der Waals surface area contributed by atoms with E-state index < -0.39 is 5.92 Å². The first-order chi connectivity index (χ1) is 18.3. The summed E-state index contributed by atoms with van der Waals surface area (Å²) in [5, 5.41) is 10.3. The van der Waals surface area contributed by atoms with Gasteiger partial charge in [0, 0.05) is 34.0 Å².